The second kappa shape index (κ2) is 5.89. The van der Waals surface area contributed by atoms with E-state index in [-0.39, 0.29) is 0 Å². The monoisotopic (exact) mass is 249 g/mol. The van der Waals surface area contributed by atoms with Crippen LogP contribution in [0.25, 0.3) is 0 Å². The lowest BCUT2D eigenvalue weighted by atomic mass is 9.83. The van der Waals surface area contributed by atoms with Crippen molar-refractivity contribution in [3.8, 4) is 0 Å². The Hall–Kier alpha value is -0.510. The molecule has 0 spiro atoms. The van der Waals surface area contributed by atoms with Gasteiger partial charge >= 0.3 is 6.18 Å². The molecule has 17 heavy (non-hydrogen) atoms. The van der Waals surface area contributed by atoms with Gasteiger partial charge in [0, 0.05) is 6.04 Å². The molecule has 0 amide bonds. The Kier molecular flexibility index (Phi) is 5.04. The summed E-state index contributed by atoms with van der Waals surface area (Å²) in [5.74, 6) is 1.03. The van der Waals surface area contributed by atoms with Crippen LogP contribution >= 0.6 is 0 Å². The third-order valence-corrected chi connectivity index (χ3v) is 3.18. The Balaban J connectivity index is 2.29. The van der Waals surface area contributed by atoms with Crippen LogP contribution in [0.3, 0.4) is 0 Å². The topological polar surface area (TPSA) is 12.0 Å². The van der Waals surface area contributed by atoms with Gasteiger partial charge in [-0.3, -0.25) is 0 Å². The highest BCUT2D eigenvalue weighted by Crippen LogP contribution is 2.27. The van der Waals surface area contributed by atoms with Gasteiger partial charge < -0.3 is 5.32 Å². The lowest BCUT2D eigenvalue weighted by molar-refractivity contribution is -0.139. The van der Waals surface area contributed by atoms with E-state index in [4.69, 9.17) is 0 Å². The van der Waals surface area contributed by atoms with E-state index in [0.29, 0.717) is 18.4 Å². The molecule has 3 unspecified atom stereocenters. The lowest BCUT2D eigenvalue weighted by Crippen LogP contribution is -2.35. The zero-order chi connectivity index (χ0) is 13.1. The molecule has 0 saturated heterocycles. The van der Waals surface area contributed by atoms with Gasteiger partial charge in [-0.25, -0.2) is 0 Å². The smallest absolute Gasteiger partial charge is 0.314 e. The zero-order valence-corrected chi connectivity index (χ0v) is 10.8. The number of alkyl halides is 3. The maximum Gasteiger partial charge on any atom is 0.390 e. The molecule has 4 heteroatoms. The van der Waals surface area contributed by atoms with Gasteiger partial charge in [0.1, 0.15) is 0 Å². The Labute approximate surface area is 101 Å². The van der Waals surface area contributed by atoms with Gasteiger partial charge in [-0.15, -0.1) is 0 Å². The highest BCUT2D eigenvalue weighted by atomic mass is 19.4. The van der Waals surface area contributed by atoms with E-state index in [1.807, 2.05) is 0 Å². The van der Waals surface area contributed by atoms with Crippen LogP contribution in [0.4, 0.5) is 13.2 Å². The molecule has 1 N–H and O–H groups in total. The third-order valence-electron chi connectivity index (χ3n) is 3.18. The van der Waals surface area contributed by atoms with Gasteiger partial charge in [0.2, 0.25) is 0 Å². The molecule has 0 heterocycles. The van der Waals surface area contributed by atoms with Crippen LogP contribution in [0.2, 0.25) is 0 Å². The van der Waals surface area contributed by atoms with Gasteiger partial charge in [0.25, 0.3) is 0 Å². The van der Waals surface area contributed by atoms with Gasteiger partial charge in [0.15, 0.2) is 0 Å². The largest absolute Gasteiger partial charge is 0.390 e. The van der Waals surface area contributed by atoms with Crippen molar-refractivity contribution in [3.63, 3.8) is 0 Å². The summed E-state index contributed by atoms with van der Waals surface area (Å²) in [6.45, 7) is 6.55. The van der Waals surface area contributed by atoms with Crippen LogP contribution in [0, 0.1) is 11.8 Å². The minimum absolute atomic E-state index is 0.477. The first kappa shape index (κ1) is 14.6. The summed E-state index contributed by atoms with van der Waals surface area (Å²) in [5, 5.41) is 3.00. The number of halogens is 3. The summed E-state index contributed by atoms with van der Waals surface area (Å²) in [6.07, 6.45) is -0.471. The molecule has 0 fully saturated rings. The van der Waals surface area contributed by atoms with E-state index < -0.39 is 18.6 Å². The summed E-state index contributed by atoms with van der Waals surface area (Å²) >= 11 is 0. The van der Waals surface area contributed by atoms with Gasteiger partial charge in [0.05, 0.1) is 6.42 Å². The zero-order valence-electron chi connectivity index (χ0n) is 10.8. The van der Waals surface area contributed by atoms with Crippen LogP contribution < -0.4 is 5.32 Å². The number of rotatable bonds is 4. The molecule has 0 aromatic heterocycles. The van der Waals surface area contributed by atoms with Crippen molar-refractivity contribution < 1.29 is 13.2 Å². The van der Waals surface area contributed by atoms with Crippen molar-refractivity contribution in [2.45, 2.75) is 52.3 Å². The third kappa shape index (κ3) is 6.10. The van der Waals surface area contributed by atoms with E-state index in [0.717, 1.165) is 12.8 Å². The van der Waals surface area contributed by atoms with Crippen molar-refractivity contribution in [2.24, 2.45) is 11.8 Å². The quantitative estimate of drug-likeness (QED) is 0.745. The van der Waals surface area contributed by atoms with Crippen LogP contribution in [0.5, 0.6) is 0 Å². The minimum Gasteiger partial charge on any atom is -0.314 e. The summed E-state index contributed by atoms with van der Waals surface area (Å²) in [6, 6.07) is -0.489. The fourth-order valence-electron chi connectivity index (χ4n) is 2.63. The normalized spacial score (nSPS) is 27.8. The van der Waals surface area contributed by atoms with Crippen molar-refractivity contribution in [3.05, 3.63) is 11.6 Å². The average molecular weight is 249 g/mol. The molecule has 0 aliphatic heterocycles. The minimum atomic E-state index is -4.07. The van der Waals surface area contributed by atoms with Crippen LogP contribution in [-0.2, 0) is 0 Å². The van der Waals surface area contributed by atoms with Crippen LogP contribution in [0.15, 0.2) is 11.6 Å². The van der Waals surface area contributed by atoms with Crippen molar-refractivity contribution in [2.75, 3.05) is 6.54 Å². The fraction of sp³-hybridized carbons (Fsp3) is 0.846. The standard InChI is InChI=1S/C13H22F3N/c1-9-4-10(2)6-12(5-9)8-17-11(3)7-13(14,15)16/h4,9,11-12,17H,5-8H2,1-3H3. The molecule has 1 aliphatic rings. The summed E-state index contributed by atoms with van der Waals surface area (Å²) in [5.41, 5.74) is 1.36. The van der Waals surface area contributed by atoms with Crippen molar-refractivity contribution >= 4 is 0 Å². The fourth-order valence-corrected chi connectivity index (χ4v) is 2.63. The highest BCUT2D eigenvalue weighted by Gasteiger charge is 2.30. The predicted molar refractivity (Wildman–Crippen MR) is 63.8 cm³/mol. The Morgan fingerprint density at radius 1 is 1.47 bits per heavy atom. The number of hydrogen-bond acceptors (Lipinski definition) is 1. The second-order valence-corrected chi connectivity index (χ2v) is 5.42. The molecule has 100 valence electrons. The van der Waals surface area contributed by atoms with E-state index >= 15 is 0 Å². The van der Waals surface area contributed by atoms with Crippen molar-refractivity contribution in [1.82, 2.24) is 5.32 Å². The molecule has 0 saturated carbocycles. The Morgan fingerprint density at radius 2 is 2.12 bits per heavy atom. The highest BCUT2D eigenvalue weighted by molar-refractivity contribution is 5.06. The summed E-state index contributed by atoms with van der Waals surface area (Å²) in [7, 11) is 0. The van der Waals surface area contributed by atoms with E-state index in [1.54, 1.807) is 6.92 Å². The summed E-state index contributed by atoms with van der Waals surface area (Å²) < 4.78 is 36.4. The second-order valence-electron chi connectivity index (χ2n) is 5.42. The van der Waals surface area contributed by atoms with Crippen molar-refractivity contribution in [1.29, 1.82) is 0 Å². The molecule has 0 radical (unpaired) electrons. The lowest BCUT2D eigenvalue weighted by Gasteiger charge is -2.27. The first-order valence-electron chi connectivity index (χ1n) is 6.23. The van der Waals surface area contributed by atoms with Crippen LogP contribution in [0.1, 0.15) is 40.0 Å². The SMILES string of the molecule is CC1=CC(C)CC(CNC(C)CC(F)(F)F)C1. The van der Waals surface area contributed by atoms with Gasteiger partial charge in [-0.1, -0.05) is 18.6 Å². The maximum atomic E-state index is 12.1. The molecule has 1 aliphatic carbocycles. The number of hydrogen-bond donors (Lipinski definition) is 1. The molecule has 0 aromatic carbocycles. The van der Waals surface area contributed by atoms with E-state index in [2.05, 4.69) is 25.2 Å². The summed E-state index contributed by atoms with van der Waals surface area (Å²) in [4.78, 5) is 0. The average Bonchev–Trinajstić information content (AvgIpc) is 2.10. The number of allylic oxidation sites excluding steroid dienone is 2. The molecule has 0 aromatic rings. The molecule has 1 rings (SSSR count). The maximum absolute atomic E-state index is 12.1. The Bertz CT molecular complexity index is 270. The molecular formula is C13H22F3N. The predicted octanol–water partition coefficient (Wildman–Crippen LogP) is 3.91. The molecule has 0 bridgehead atoms. The number of nitrogens with one attached hydrogen (secondary N) is 1. The first-order chi connectivity index (χ1) is 7.76. The van der Waals surface area contributed by atoms with E-state index in [1.165, 1.54) is 5.57 Å². The molecular weight excluding hydrogens is 227 g/mol. The van der Waals surface area contributed by atoms with Gasteiger partial charge in [-0.2, -0.15) is 13.2 Å². The van der Waals surface area contributed by atoms with E-state index in [9.17, 15) is 13.2 Å². The molecule has 3 atom stereocenters. The van der Waals surface area contributed by atoms with Gasteiger partial charge in [-0.05, 0) is 45.1 Å². The molecule has 1 nitrogen and oxygen atoms in total. The Morgan fingerprint density at radius 3 is 2.65 bits per heavy atom. The first-order valence-corrected chi connectivity index (χ1v) is 6.23. The van der Waals surface area contributed by atoms with Crippen LogP contribution in [-0.4, -0.2) is 18.8 Å².